The highest BCUT2D eigenvalue weighted by atomic mass is 79.9. The van der Waals surface area contributed by atoms with Crippen LogP contribution in [-0.2, 0) is 9.84 Å². The van der Waals surface area contributed by atoms with Gasteiger partial charge in [0.2, 0.25) is 3.12 Å². The fourth-order valence-electron chi connectivity index (χ4n) is 1.15. The lowest BCUT2D eigenvalue weighted by atomic mass is 10.1. The van der Waals surface area contributed by atoms with E-state index >= 15 is 0 Å². The summed E-state index contributed by atoms with van der Waals surface area (Å²) in [4.78, 5) is 0. The summed E-state index contributed by atoms with van der Waals surface area (Å²) in [6.07, 6.45) is -0.364. The fourth-order valence-corrected chi connectivity index (χ4v) is 2.08. The van der Waals surface area contributed by atoms with Gasteiger partial charge in [-0.05, 0) is 28.4 Å². The van der Waals surface area contributed by atoms with Crippen molar-refractivity contribution in [3.8, 4) is 0 Å². The summed E-state index contributed by atoms with van der Waals surface area (Å²) >= 11 is 8.67. The third-order valence-corrected chi connectivity index (χ3v) is 6.66. The number of hydrogen-bond acceptors (Lipinski definition) is 3. The normalized spacial score (nSPS) is 17.8. The minimum absolute atomic E-state index is 0.447. The zero-order valence-corrected chi connectivity index (χ0v) is 12.0. The van der Waals surface area contributed by atoms with Crippen LogP contribution in [0.4, 0.5) is 0 Å². The molecule has 6 heteroatoms. The molecule has 90 valence electrons. The van der Waals surface area contributed by atoms with Gasteiger partial charge in [-0.3, -0.25) is 0 Å². The minimum atomic E-state index is -3.63. The van der Waals surface area contributed by atoms with E-state index in [1.54, 1.807) is 24.3 Å². The van der Waals surface area contributed by atoms with E-state index in [1.807, 2.05) is 6.92 Å². The molecule has 1 aromatic carbocycles. The Bertz CT molecular complexity index is 467. The van der Waals surface area contributed by atoms with Crippen molar-refractivity contribution in [1.29, 1.82) is 0 Å². The van der Waals surface area contributed by atoms with Crippen molar-refractivity contribution >= 4 is 37.4 Å². The van der Waals surface area contributed by atoms with Crippen molar-refractivity contribution in [2.75, 3.05) is 6.26 Å². The Morgan fingerprint density at radius 2 is 1.81 bits per heavy atom. The Kier molecular flexibility index (Phi) is 4.05. The molecule has 0 heterocycles. The van der Waals surface area contributed by atoms with E-state index in [0.717, 1.165) is 11.8 Å². The van der Waals surface area contributed by atoms with E-state index in [0.29, 0.717) is 5.56 Å². The molecular weight excluding hydrogens is 316 g/mol. The molecule has 1 rings (SSSR count). The lowest BCUT2D eigenvalue weighted by Crippen LogP contribution is -2.32. The monoisotopic (exact) mass is 326 g/mol. The SMILES string of the molecule is Cc1ccc(C(O)C(Cl)(Br)S(C)(=O)=O)cc1. The second-order valence-corrected chi connectivity index (χ2v) is 8.89. The van der Waals surface area contributed by atoms with Crippen LogP contribution >= 0.6 is 27.5 Å². The number of benzene rings is 1. The van der Waals surface area contributed by atoms with Gasteiger partial charge in [-0.25, -0.2) is 8.42 Å². The summed E-state index contributed by atoms with van der Waals surface area (Å²) in [6, 6.07) is 6.84. The van der Waals surface area contributed by atoms with Crippen molar-refractivity contribution in [3.63, 3.8) is 0 Å². The van der Waals surface area contributed by atoms with Gasteiger partial charge in [0.05, 0.1) is 0 Å². The second-order valence-electron chi connectivity index (χ2n) is 3.65. The lowest BCUT2D eigenvalue weighted by Gasteiger charge is -2.24. The van der Waals surface area contributed by atoms with Crippen LogP contribution in [-0.4, -0.2) is 22.9 Å². The van der Waals surface area contributed by atoms with Crippen LogP contribution in [0, 0.1) is 6.92 Å². The van der Waals surface area contributed by atoms with Crippen LogP contribution in [0.5, 0.6) is 0 Å². The third kappa shape index (κ3) is 2.77. The number of rotatable bonds is 3. The maximum absolute atomic E-state index is 11.4. The van der Waals surface area contributed by atoms with Gasteiger partial charge >= 0.3 is 0 Å². The number of sulfone groups is 1. The van der Waals surface area contributed by atoms with Gasteiger partial charge in [0.15, 0.2) is 9.84 Å². The smallest absolute Gasteiger partial charge is 0.228 e. The van der Waals surface area contributed by atoms with Gasteiger partial charge in [-0.15, -0.1) is 0 Å². The van der Waals surface area contributed by atoms with Gasteiger partial charge in [0.25, 0.3) is 0 Å². The van der Waals surface area contributed by atoms with Gasteiger partial charge < -0.3 is 5.11 Å². The molecular formula is C10H12BrClO3S. The van der Waals surface area contributed by atoms with E-state index in [1.165, 1.54) is 0 Å². The molecule has 2 atom stereocenters. The van der Waals surface area contributed by atoms with Crippen LogP contribution in [0.1, 0.15) is 17.2 Å². The van der Waals surface area contributed by atoms with Crippen LogP contribution in [0.15, 0.2) is 24.3 Å². The summed E-state index contributed by atoms with van der Waals surface area (Å²) in [5.41, 5.74) is 1.47. The van der Waals surface area contributed by atoms with Crippen LogP contribution < -0.4 is 0 Å². The summed E-state index contributed by atoms with van der Waals surface area (Å²) in [7, 11) is -3.63. The molecule has 0 spiro atoms. The van der Waals surface area contributed by atoms with E-state index in [2.05, 4.69) is 15.9 Å². The Balaban J connectivity index is 3.12. The van der Waals surface area contributed by atoms with Gasteiger partial charge in [-0.1, -0.05) is 41.4 Å². The first-order valence-electron chi connectivity index (χ1n) is 4.48. The maximum Gasteiger partial charge on any atom is 0.228 e. The average Bonchev–Trinajstić information content (AvgIpc) is 2.16. The molecule has 3 nitrogen and oxygen atoms in total. The summed E-state index contributed by atoms with van der Waals surface area (Å²) in [6.45, 7) is 1.90. The quantitative estimate of drug-likeness (QED) is 0.867. The predicted octanol–water partition coefficient (Wildman–Crippen LogP) is 2.36. The third-order valence-electron chi connectivity index (χ3n) is 2.21. The molecule has 2 unspecified atom stereocenters. The van der Waals surface area contributed by atoms with Gasteiger partial charge in [0.1, 0.15) is 6.10 Å². The number of hydrogen-bond donors (Lipinski definition) is 1. The Morgan fingerprint density at radius 1 is 1.38 bits per heavy atom. The first kappa shape index (κ1) is 14.0. The van der Waals surface area contributed by atoms with E-state index < -0.39 is 19.1 Å². The van der Waals surface area contributed by atoms with Crippen LogP contribution in [0.2, 0.25) is 0 Å². The largest absolute Gasteiger partial charge is 0.385 e. The van der Waals surface area contributed by atoms with E-state index in [9.17, 15) is 13.5 Å². The van der Waals surface area contributed by atoms with Crippen molar-refractivity contribution in [3.05, 3.63) is 35.4 Å². The molecule has 0 fully saturated rings. The van der Waals surface area contributed by atoms with Crippen LogP contribution in [0.25, 0.3) is 0 Å². The molecule has 1 aromatic rings. The standard InChI is InChI=1S/C10H12BrClO3S/c1-7-3-5-8(6-4-7)9(13)10(11,12)16(2,14)15/h3-6,9,13H,1-2H3. The molecule has 0 saturated heterocycles. The predicted molar refractivity (Wildman–Crippen MR) is 68.5 cm³/mol. The zero-order chi connectivity index (χ0) is 12.6. The topological polar surface area (TPSA) is 54.4 Å². The van der Waals surface area contributed by atoms with E-state index in [-0.39, 0.29) is 0 Å². The van der Waals surface area contributed by atoms with Gasteiger partial charge in [0, 0.05) is 6.26 Å². The number of halogens is 2. The van der Waals surface area contributed by atoms with Gasteiger partial charge in [-0.2, -0.15) is 0 Å². The minimum Gasteiger partial charge on any atom is -0.385 e. The van der Waals surface area contributed by atoms with Crippen molar-refractivity contribution in [2.24, 2.45) is 0 Å². The number of alkyl halides is 2. The number of aryl methyl sites for hydroxylation is 1. The molecule has 0 bridgehead atoms. The Labute approximate surface area is 108 Å². The molecule has 0 aliphatic rings. The highest BCUT2D eigenvalue weighted by molar-refractivity contribution is 9.12. The van der Waals surface area contributed by atoms with Crippen molar-refractivity contribution in [2.45, 2.75) is 16.1 Å². The zero-order valence-electron chi connectivity index (χ0n) is 8.81. The summed E-state index contributed by atoms with van der Waals surface area (Å²) in [5, 5.41) is 9.92. The summed E-state index contributed by atoms with van der Waals surface area (Å²) in [5.74, 6) is 0. The molecule has 0 aliphatic carbocycles. The molecule has 1 N–H and O–H groups in total. The summed E-state index contributed by atoms with van der Waals surface area (Å²) < 4.78 is 20.9. The molecule has 0 radical (unpaired) electrons. The highest BCUT2D eigenvalue weighted by Gasteiger charge is 2.44. The molecule has 16 heavy (non-hydrogen) atoms. The molecule has 0 aromatic heterocycles. The Hall–Kier alpha value is -0.100. The second kappa shape index (κ2) is 4.64. The fraction of sp³-hybridized carbons (Fsp3) is 0.400. The Morgan fingerprint density at radius 3 is 2.19 bits per heavy atom. The van der Waals surface area contributed by atoms with E-state index in [4.69, 9.17) is 11.6 Å². The van der Waals surface area contributed by atoms with Crippen LogP contribution in [0.3, 0.4) is 0 Å². The molecule has 0 saturated carbocycles. The maximum atomic E-state index is 11.4. The van der Waals surface area contributed by atoms with Crippen molar-refractivity contribution in [1.82, 2.24) is 0 Å². The molecule has 0 amide bonds. The first-order valence-corrected chi connectivity index (χ1v) is 7.54. The highest BCUT2D eigenvalue weighted by Crippen LogP contribution is 2.41. The first-order chi connectivity index (χ1) is 7.16. The average molecular weight is 328 g/mol. The number of aliphatic hydroxyl groups is 1. The number of aliphatic hydroxyl groups excluding tert-OH is 1. The van der Waals surface area contributed by atoms with Crippen molar-refractivity contribution < 1.29 is 13.5 Å². The molecule has 0 aliphatic heterocycles. The lowest BCUT2D eigenvalue weighted by molar-refractivity contribution is 0.185.